The quantitative estimate of drug-likeness (QED) is 0.737. The normalized spacial score (nSPS) is 13.9. The van der Waals surface area contributed by atoms with Crippen LogP contribution in [-0.2, 0) is 17.9 Å². The molecule has 1 aromatic rings. The Labute approximate surface area is 135 Å². The van der Waals surface area contributed by atoms with E-state index in [1.807, 2.05) is 13.8 Å². The second-order valence-electron chi connectivity index (χ2n) is 5.91. The number of carbonyl (C=O) groups excluding carboxylic acids is 1. The van der Waals surface area contributed by atoms with Gasteiger partial charge in [0.05, 0.1) is 6.04 Å². The zero-order valence-electron chi connectivity index (χ0n) is 14.4. The van der Waals surface area contributed by atoms with Gasteiger partial charge in [0.25, 0.3) is 0 Å². The lowest BCUT2D eigenvalue weighted by molar-refractivity contribution is -0.123. The lowest BCUT2D eigenvalue weighted by Gasteiger charge is -2.19. The summed E-state index contributed by atoms with van der Waals surface area (Å²) in [4.78, 5) is 14.3. The van der Waals surface area contributed by atoms with E-state index in [-0.39, 0.29) is 11.8 Å². The van der Waals surface area contributed by atoms with E-state index in [2.05, 4.69) is 48.3 Å². The van der Waals surface area contributed by atoms with E-state index in [9.17, 15) is 4.79 Å². The van der Waals surface area contributed by atoms with E-state index in [0.29, 0.717) is 6.54 Å². The van der Waals surface area contributed by atoms with Gasteiger partial charge in [-0.15, -0.1) is 0 Å². The van der Waals surface area contributed by atoms with Crippen LogP contribution in [0.1, 0.15) is 45.2 Å². The van der Waals surface area contributed by atoms with Gasteiger partial charge in [0.2, 0.25) is 5.91 Å². The molecule has 0 heterocycles. The van der Waals surface area contributed by atoms with Gasteiger partial charge < -0.3 is 11.1 Å². The number of carbonyl (C=O) groups is 1. The monoisotopic (exact) mass is 305 g/mol. The van der Waals surface area contributed by atoms with Crippen LogP contribution in [0.5, 0.6) is 0 Å². The van der Waals surface area contributed by atoms with Crippen LogP contribution in [-0.4, -0.2) is 29.9 Å². The van der Waals surface area contributed by atoms with Crippen molar-refractivity contribution in [3.8, 4) is 0 Å². The second kappa shape index (κ2) is 9.59. The Bertz CT molecular complexity index is 440. The summed E-state index contributed by atoms with van der Waals surface area (Å²) in [6.07, 6.45) is 0.911. The fourth-order valence-electron chi connectivity index (χ4n) is 2.29. The van der Waals surface area contributed by atoms with Crippen molar-refractivity contribution < 1.29 is 4.79 Å². The van der Waals surface area contributed by atoms with Gasteiger partial charge >= 0.3 is 0 Å². The number of nitrogens with zero attached hydrogens (tertiary/aromatic N) is 1. The second-order valence-corrected chi connectivity index (χ2v) is 5.91. The van der Waals surface area contributed by atoms with Gasteiger partial charge in [0.15, 0.2) is 0 Å². The maximum atomic E-state index is 12.0. The van der Waals surface area contributed by atoms with Crippen LogP contribution < -0.4 is 11.1 Å². The molecule has 0 aromatic heterocycles. The van der Waals surface area contributed by atoms with E-state index in [0.717, 1.165) is 31.6 Å². The zero-order valence-corrected chi connectivity index (χ0v) is 14.4. The number of amides is 1. The molecular formula is C18H31N3O. The summed E-state index contributed by atoms with van der Waals surface area (Å²) >= 11 is 0. The molecule has 0 aliphatic heterocycles. The third kappa shape index (κ3) is 5.78. The predicted octanol–water partition coefficient (Wildman–Crippen LogP) is 2.52. The first-order valence-corrected chi connectivity index (χ1v) is 8.35. The zero-order chi connectivity index (χ0) is 16.5. The van der Waals surface area contributed by atoms with Crippen molar-refractivity contribution in [2.24, 2.45) is 11.7 Å². The summed E-state index contributed by atoms with van der Waals surface area (Å²) in [7, 11) is 0. The third-order valence-corrected chi connectivity index (χ3v) is 4.35. The lowest BCUT2D eigenvalue weighted by atomic mass is 9.99. The molecule has 124 valence electrons. The summed E-state index contributed by atoms with van der Waals surface area (Å²) in [5, 5.41) is 2.92. The SMILES string of the molecule is CCC(C)C(N)C(=O)NCc1ccc(CN(CC)CC)cc1. The van der Waals surface area contributed by atoms with Gasteiger partial charge in [0.1, 0.15) is 0 Å². The molecule has 0 spiro atoms. The number of nitrogens with two attached hydrogens (primary N) is 1. The van der Waals surface area contributed by atoms with Crippen LogP contribution in [0.3, 0.4) is 0 Å². The molecule has 22 heavy (non-hydrogen) atoms. The molecule has 0 saturated heterocycles. The number of nitrogens with one attached hydrogen (secondary N) is 1. The van der Waals surface area contributed by atoms with Gasteiger partial charge in [-0.25, -0.2) is 0 Å². The average molecular weight is 305 g/mol. The van der Waals surface area contributed by atoms with Crippen molar-refractivity contribution in [1.82, 2.24) is 10.2 Å². The van der Waals surface area contributed by atoms with E-state index in [1.165, 1.54) is 5.56 Å². The topological polar surface area (TPSA) is 58.4 Å². The lowest BCUT2D eigenvalue weighted by Crippen LogP contribution is -2.44. The van der Waals surface area contributed by atoms with Gasteiger partial charge in [-0.2, -0.15) is 0 Å². The molecular weight excluding hydrogens is 274 g/mol. The summed E-state index contributed by atoms with van der Waals surface area (Å²) in [6.45, 7) is 12.0. The number of hydrogen-bond donors (Lipinski definition) is 2. The van der Waals surface area contributed by atoms with Crippen molar-refractivity contribution in [2.75, 3.05) is 13.1 Å². The predicted molar refractivity (Wildman–Crippen MR) is 92.3 cm³/mol. The van der Waals surface area contributed by atoms with Crippen molar-refractivity contribution >= 4 is 5.91 Å². The first kappa shape index (κ1) is 18.7. The van der Waals surface area contributed by atoms with E-state index in [1.54, 1.807) is 0 Å². The highest BCUT2D eigenvalue weighted by atomic mass is 16.2. The molecule has 3 N–H and O–H groups in total. The summed E-state index contributed by atoms with van der Waals surface area (Å²) in [5.74, 6) is 0.137. The highest BCUT2D eigenvalue weighted by Crippen LogP contribution is 2.09. The fourth-order valence-corrected chi connectivity index (χ4v) is 2.29. The largest absolute Gasteiger partial charge is 0.351 e. The van der Waals surface area contributed by atoms with Gasteiger partial charge in [0, 0.05) is 13.1 Å². The van der Waals surface area contributed by atoms with Crippen LogP contribution in [0.4, 0.5) is 0 Å². The average Bonchev–Trinajstić information content (AvgIpc) is 2.57. The summed E-state index contributed by atoms with van der Waals surface area (Å²) in [5.41, 5.74) is 8.33. The summed E-state index contributed by atoms with van der Waals surface area (Å²) < 4.78 is 0. The minimum absolute atomic E-state index is 0.0680. The Morgan fingerprint density at radius 2 is 1.68 bits per heavy atom. The molecule has 1 aromatic carbocycles. The number of rotatable bonds is 9. The molecule has 2 atom stereocenters. The van der Waals surface area contributed by atoms with E-state index in [4.69, 9.17) is 5.73 Å². The van der Waals surface area contributed by atoms with Gasteiger partial charge in [-0.05, 0) is 30.1 Å². The van der Waals surface area contributed by atoms with E-state index >= 15 is 0 Å². The molecule has 4 heteroatoms. The first-order chi connectivity index (χ1) is 10.5. The number of benzene rings is 1. The molecule has 1 amide bonds. The molecule has 1 rings (SSSR count). The standard InChI is InChI=1S/C18H31N3O/c1-5-14(4)17(19)18(22)20-12-15-8-10-16(11-9-15)13-21(6-2)7-3/h8-11,14,17H,5-7,12-13,19H2,1-4H3,(H,20,22). The summed E-state index contributed by atoms with van der Waals surface area (Å²) in [6, 6.07) is 8.00. The Balaban J connectivity index is 2.49. The molecule has 0 bridgehead atoms. The van der Waals surface area contributed by atoms with Gasteiger partial charge in [-0.3, -0.25) is 9.69 Å². The fraction of sp³-hybridized carbons (Fsp3) is 0.611. The molecule has 2 unspecified atom stereocenters. The Morgan fingerprint density at radius 1 is 1.14 bits per heavy atom. The highest BCUT2D eigenvalue weighted by molar-refractivity contribution is 5.81. The van der Waals surface area contributed by atoms with Crippen LogP contribution >= 0.6 is 0 Å². The molecule has 0 aliphatic carbocycles. The highest BCUT2D eigenvalue weighted by Gasteiger charge is 2.18. The molecule has 0 fully saturated rings. The number of hydrogen-bond acceptors (Lipinski definition) is 3. The third-order valence-electron chi connectivity index (χ3n) is 4.35. The molecule has 4 nitrogen and oxygen atoms in total. The molecule has 0 aliphatic rings. The minimum atomic E-state index is -0.424. The Hall–Kier alpha value is -1.39. The first-order valence-electron chi connectivity index (χ1n) is 8.35. The Kier molecular flexibility index (Phi) is 8.13. The molecule has 0 saturated carbocycles. The molecule has 0 radical (unpaired) electrons. The van der Waals surface area contributed by atoms with Crippen LogP contribution in [0.2, 0.25) is 0 Å². The van der Waals surface area contributed by atoms with Gasteiger partial charge in [-0.1, -0.05) is 58.4 Å². The van der Waals surface area contributed by atoms with Crippen molar-refractivity contribution in [3.05, 3.63) is 35.4 Å². The van der Waals surface area contributed by atoms with Crippen molar-refractivity contribution in [1.29, 1.82) is 0 Å². The maximum Gasteiger partial charge on any atom is 0.237 e. The Morgan fingerprint density at radius 3 is 2.18 bits per heavy atom. The minimum Gasteiger partial charge on any atom is -0.351 e. The van der Waals surface area contributed by atoms with E-state index < -0.39 is 6.04 Å². The smallest absolute Gasteiger partial charge is 0.237 e. The van der Waals surface area contributed by atoms with Crippen LogP contribution in [0.15, 0.2) is 24.3 Å². The van der Waals surface area contributed by atoms with Crippen molar-refractivity contribution in [2.45, 2.75) is 53.2 Å². The van der Waals surface area contributed by atoms with Crippen LogP contribution in [0.25, 0.3) is 0 Å². The van der Waals surface area contributed by atoms with Crippen LogP contribution in [0, 0.1) is 5.92 Å². The maximum absolute atomic E-state index is 12.0. The van der Waals surface area contributed by atoms with Crippen molar-refractivity contribution in [3.63, 3.8) is 0 Å².